The van der Waals surface area contributed by atoms with Crippen LogP contribution < -0.4 is 10.6 Å². The topological polar surface area (TPSA) is 29.3 Å². The molecular formula is C16H25BrN2. The Bertz CT molecular complexity index is 406. The molecule has 2 nitrogen and oxygen atoms in total. The SMILES string of the molecule is CCCC1CCCN(c2cc(Br)ccc2CN)CC1. The first-order valence-corrected chi connectivity index (χ1v) is 8.27. The number of hydrogen-bond donors (Lipinski definition) is 1. The summed E-state index contributed by atoms with van der Waals surface area (Å²) in [6.07, 6.45) is 6.72. The molecule has 19 heavy (non-hydrogen) atoms. The summed E-state index contributed by atoms with van der Waals surface area (Å²) in [7, 11) is 0. The summed E-state index contributed by atoms with van der Waals surface area (Å²) in [6, 6.07) is 6.46. The van der Waals surface area contributed by atoms with Crippen molar-refractivity contribution in [1.82, 2.24) is 0 Å². The maximum atomic E-state index is 5.88. The molecule has 0 spiro atoms. The molecule has 1 aliphatic heterocycles. The third kappa shape index (κ3) is 3.96. The van der Waals surface area contributed by atoms with E-state index < -0.39 is 0 Å². The van der Waals surface area contributed by atoms with Crippen LogP contribution in [0, 0.1) is 5.92 Å². The number of anilines is 1. The molecule has 1 fully saturated rings. The van der Waals surface area contributed by atoms with E-state index in [4.69, 9.17) is 5.73 Å². The Morgan fingerprint density at radius 2 is 2.16 bits per heavy atom. The van der Waals surface area contributed by atoms with Gasteiger partial charge in [0, 0.05) is 29.8 Å². The van der Waals surface area contributed by atoms with Gasteiger partial charge in [0.2, 0.25) is 0 Å². The highest BCUT2D eigenvalue weighted by Gasteiger charge is 2.18. The number of benzene rings is 1. The molecule has 1 saturated heterocycles. The van der Waals surface area contributed by atoms with Crippen molar-refractivity contribution in [2.24, 2.45) is 11.7 Å². The zero-order valence-electron chi connectivity index (χ0n) is 11.9. The first kappa shape index (κ1) is 14.9. The first-order chi connectivity index (χ1) is 9.24. The van der Waals surface area contributed by atoms with Gasteiger partial charge in [0.1, 0.15) is 0 Å². The number of halogens is 1. The molecule has 0 bridgehead atoms. The molecule has 1 heterocycles. The molecule has 1 atom stereocenters. The van der Waals surface area contributed by atoms with Crippen molar-refractivity contribution in [3.8, 4) is 0 Å². The monoisotopic (exact) mass is 324 g/mol. The minimum Gasteiger partial charge on any atom is -0.371 e. The lowest BCUT2D eigenvalue weighted by Crippen LogP contribution is -2.26. The molecule has 1 aromatic carbocycles. The summed E-state index contributed by atoms with van der Waals surface area (Å²) in [5, 5.41) is 0. The van der Waals surface area contributed by atoms with Gasteiger partial charge in [-0.25, -0.2) is 0 Å². The van der Waals surface area contributed by atoms with Gasteiger partial charge < -0.3 is 10.6 Å². The number of nitrogens with zero attached hydrogens (tertiary/aromatic N) is 1. The largest absolute Gasteiger partial charge is 0.371 e. The summed E-state index contributed by atoms with van der Waals surface area (Å²) >= 11 is 3.58. The van der Waals surface area contributed by atoms with Gasteiger partial charge in [-0.2, -0.15) is 0 Å². The van der Waals surface area contributed by atoms with Crippen LogP contribution in [-0.2, 0) is 6.54 Å². The molecule has 0 aromatic heterocycles. The summed E-state index contributed by atoms with van der Waals surface area (Å²) in [5.41, 5.74) is 8.47. The highest BCUT2D eigenvalue weighted by atomic mass is 79.9. The highest BCUT2D eigenvalue weighted by Crippen LogP contribution is 2.29. The second-order valence-electron chi connectivity index (χ2n) is 5.55. The van der Waals surface area contributed by atoms with Crippen LogP contribution in [0.1, 0.15) is 44.6 Å². The number of nitrogens with two attached hydrogens (primary N) is 1. The third-order valence-corrected chi connectivity index (χ3v) is 4.65. The fourth-order valence-electron chi connectivity index (χ4n) is 3.11. The lowest BCUT2D eigenvalue weighted by atomic mass is 9.96. The molecule has 3 heteroatoms. The van der Waals surface area contributed by atoms with E-state index >= 15 is 0 Å². The Morgan fingerprint density at radius 1 is 1.32 bits per heavy atom. The van der Waals surface area contributed by atoms with Gasteiger partial charge in [0.15, 0.2) is 0 Å². The maximum Gasteiger partial charge on any atom is 0.0423 e. The van der Waals surface area contributed by atoms with Crippen LogP contribution in [-0.4, -0.2) is 13.1 Å². The Kier molecular flexibility index (Phi) is 5.71. The molecule has 1 aliphatic rings. The molecule has 0 aliphatic carbocycles. The predicted molar refractivity (Wildman–Crippen MR) is 86.5 cm³/mol. The quantitative estimate of drug-likeness (QED) is 0.893. The standard InChI is InChI=1S/C16H25BrN2/c1-2-4-13-5-3-9-19(10-8-13)16-11-15(17)7-6-14(16)12-18/h6-7,11,13H,2-5,8-10,12,18H2,1H3. The summed E-state index contributed by atoms with van der Waals surface area (Å²) in [6.45, 7) is 5.26. The molecule has 1 aromatic rings. The van der Waals surface area contributed by atoms with Crippen molar-refractivity contribution in [2.75, 3.05) is 18.0 Å². The lowest BCUT2D eigenvalue weighted by molar-refractivity contribution is 0.435. The zero-order valence-corrected chi connectivity index (χ0v) is 13.5. The van der Waals surface area contributed by atoms with Gasteiger partial charge in [-0.05, 0) is 42.9 Å². The van der Waals surface area contributed by atoms with Gasteiger partial charge in [0.25, 0.3) is 0 Å². The van der Waals surface area contributed by atoms with E-state index in [2.05, 4.69) is 46.0 Å². The van der Waals surface area contributed by atoms with Crippen molar-refractivity contribution in [3.63, 3.8) is 0 Å². The van der Waals surface area contributed by atoms with Gasteiger partial charge >= 0.3 is 0 Å². The molecule has 2 N–H and O–H groups in total. The van der Waals surface area contributed by atoms with E-state index in [1.54, 1.807) is 0 Å². The summed E-state index contributed by atoms with van der Waals surface area (Å²) in [4.78, 5) is 2.53. The summed E-state index contributed by atoms with van der Waals surface area (Å²) < 4.78 is 1.15. The van der Waals surface area contributed by atoms with Crippen molar-refractivity contribution in [3.05, 3.63) is 28.2 Å². The smallest absolute Gasteiger partial charge is 0.0423 e. The van der Waals surface area contributed by atoms with Crippen LogP contribution in [0.2, 0.25) is 0 Å². The number of hydrogen-bond acceptors (Lipinski definition) is 2. The zero-order chi connectivity index (χ0) is 13.7. The fourth-order valence-corrected chi connectivity index (χ4v) is 3.46. The Balaban J connectivity index is 2.11. The van der Waals surface area contributed by atoms with Crippen LogP contribution in [0.15, 0.2) is 22.7 Å². The predicted octanol–water partition coefficient (Wildman–Crippen LogP) is 4.31. The Morgan fingerprint density at radius 3 is 2.89 bits per heavy atom. The van der Waals surface area contributed by atoms with Crippen molar-refractivity contribution < 1.29 is 0 Å². The van der Waals surface area contributed by atoms with E-state index in [1.165, 1.54) is 56.4 Å². The van der Waals surface area contributed by atoms with Crippen molar-refractivity contribution >= 4 is 21.6 Å². The van der Waals surface area contributed by atoms with E-state index in [0.717, 1.165) is 10.4 Å². The molecule has 0 radical (unpaired) electrons. The van der Waals surface area contributed by atoms with Crippen LogP contribution in [0.5, 0.6) is 0 Å². The highest BCUT2D eigenvalue weighted by molar-refractivity contribution is 9.10. The minimum absolute atomic E-state index is 0.623. The summed E-state index contributed by atoms with van der Waals surface area (Å²) in [5.74, 6) is 0.920. The molecule has 0 saturated carbocycles. The minimum atomic E-state index is 0.623. The second kappa shape index (κ2) is 7.30. The van der Waals surface area contributed by atoms with E-state index in [1.807, 2.05) is 0 Å². The van der Waals surface area contributed by atoms with E-state index in [0.29, 0.717) is 6.54 Å². The fraction of sp³-hybridized carbons (Fsp3) is 0.625. The normalized spacial score (nSPS) is 20.4. The average molecular weight is 325 g/mol. The third-order valence-electron chi connectivity index (χ3n) is 4.15. The van der Waals surface area contributed by atoms with E-state index in [-0.39, 0.29) is 0 Å². The molecule has 1 unspecified atom stereocenters. The molecule has 2 rings (SSSR count). The molecular weight excluding hydrogens is 300 g/mol. The lowest BCUT2D eigenvalue weighted by Gasteiger charge is -2.25. The second-order valence-corrected chi connectivity index (χ2v) is 6.47. The van der Waals surface area contributed by atoms with Gasteiger partial charge in [0.05, 0.1) is 0 Å². The van der Waals surface area contributed by atoms with Gasteiger partial charge in [-0.1, -0.05) is 41.8 Å². The van der Waals surface area contributed by atoms with Crippen molar-refractivity contribution in [2.45, 2.75) is 45.6 Å². The van der Waals surface area contributed by atoms with Crippen LogP contribution in [0.25, 0.3) is 0 Å². The van der Waals surface area contributed by atoms with Crippen LogP contribution >= 0.6 is 15.9 Å². The van der Waals surface area contributed by atoms with Crippen LogP contribution in [0.4, 0.5) is 5.69 Å². The van der Waals surface area contributed by atoms with Gasteiger partial charge in [-0.15, -0.1) is 0 Å². The van der Waals surface area contributed by atoms with Crippen LogP contribution in [0.3, 0.4) is 0 Å². The molecule has 0 amide bonds. The first-order valence-electron chi connectivity index (χ1n) is 7.48. The average Bonchev–Trinajstić information content (AvgIpc) is 2.65. The Labute approximate surface area is 125 Å². The van der Waals surface area contributed by atoms with Gasteiger partial charge in [-0.3, -0.25) is 0 Å². The van der Waals surface area contributed by atoms with E-state index in [9.17, 15) is 0 Å². The van der Waals surface area contributed by atoms with Crippen molar-refractivity contribution in [1.29, 1.82) is 0 Å². The molecule has 106 valence electrons. The Hall–Kier alpha value is -0.540. The number of rotatable bonds is 4. The maximum absolute atomic E-state index is 5.88.